The van der Waals surface area contributed by atoms with Crippen molar-refractivity contribution < 1.29 is 32.0 Å². The number of nitrogens with zero attached hydrogens (tertiary/aromatic N) is 2. The first kappa shape index (κ1) is 24.8. The van der Waals surface area contributed by atoms with Crippen LogP contribution < -0.4 is 5.14 Å². The normalized spacial score (nSPS) is 20.1. The minimum atomic E-state index is -1.83. The molecule has 0 aromatic heterocycles. The number of amides is 2. The first-order chi connectivity index (χ1) is 12.6. The number of likely N-dealkylation sites (tertiary alicyclic amines) is 2. The third-order valence-electron chi connectivity index (χ3n) is 3.61. The van der Waals surface area contributed by atoms with Gasteiger partial charge in [0, 0.05) is 26.2 Å². The Labute approximate surface area is 171 Å². The van der Waals surface area contributed by atoms with E-state index in [0.29, 0.717) is 26.2 Å². The Bertz CT molecular complexity index is 565. The third-order valence-corrected chi connectivity index (χ3v) is 5.44. The Morgan fingerprint density at radius 3 is 1.43 bits per heavy atom. The second-order valence-electron chi connectivity index (χ2n) is 8.62. The molecule has 2 aliphatic rings. The van der Waals surface area contributed by atoms with Crippen LogP contribution in [-0.4, -0.2) is 82.8 Å². The minimum absolute atomic E-state index is 0.0949. The van der Waals surface area contributed by atoms with Gasteiger partial charge in [0.15, 0.2) is 11.1 Å². The Kier molecular flexibility index (Phi) is 8.42. The maximum absolute atomic E-state index is 11.4. The first-order valence-electron chi connectivity index (χ1n) is 8.79. The fourth-order valence-electron chi connectivity index (χ4n) is 2.10. The molecule has 28 heavy (non-hydrogen) atoms. The molecule has 0 aromatic rings. The number of carbonyl (C=O) groups excluding carboxylic acids is 2. The zero-order chi connectivity index (χ0) is 21.9. The molecule has 2 aliphatic heterocycles. The van der Waals surface area contributed by atoms with Crippen LogP contribution in [0.3, 0.4) is 0 Å². The number of nitrogens with two attached hydrogens (primary N) is 1. The lowest BCUT2D eigenvalue weighted by Gasteiger charge is -2.38. The van der Waals surface area contributed by atoms with Crippen LogP contribution >= 0.6 is 0 Å². The van der Waals surface area contributed by atoms with Gasteiger partial charge < -0.3 is 23.8 Å². The molecule has 0 saturated carbocycles. The van der Waals surface area contributed by atoms with Crippen molar-refractivity contribution in [1.29, 1.82) is 0 Å². The van der Waals surface area contributed by atoms with Gasteiger partial charge in [0.2, 0.25) is 0 Å². The van der Waals surface area contributed by atoms with Crippen LogP contribution in [0.5, 0.6) is 0 Å². The molecule has 0 aliphatic carbocycles. The molecule has 2 rings (SSSR count). The number of carbonyl (C=O) groups is 2. The fourth-order valence-corrected chi connectivity index (χ4v) is 3.37. The SMILES string of the molecule is CC(C)(C)OC(=O)N1CC(S(=O)O)C1.CC(C)(C)OC(=O)N1CC(S(N)=O)C1. The third kappa shape index (κ3) is 8.41. The number of ether oxygens (including phenoxy) is 2. The summed E-state index contributed by atoms with van der Waals surface area (Å²) in [4.78, 5) is 25.6. The summed E-state index contributed by atoms with van der Waals surface area (Å²) in [5.41, 5.74) is -0.995. The van der Waals surface area contributed by atoms with E-state index >= 15 is 0 Å². The van der Waals surface area contributed by atoms with Gasteiger partial charge in [-0.1, -0.05) is 0 Å². The summed E-state index contributed by atoms with van der Waals surface area (Å²) in [6.45, 7) is 12.2. The van der Waals surface area contributed by atoms with Gasteiger partial charge >= 0.3 is 12.2 Å². The smallest absolute Gasteiger partial charge is 0.410 e. The van der Waals surface area contributed by atoms with Crippen LogP contribution in [0.25, 0.3) is 0 Å². The van der Waals surface area contributed by atoms with Crippen molar-refractivity contribution in [2.24, 2.45) is 5.14 Å². The van der Waals surface area contributed by atoms with Gasteiger partial charge in [-0.15, -0.1) is 0 Å². The van der Waals surface area contributed by atoms with Crippen LogP contribution in [0, 0.1) is 0 Å². The maximum Gasteiger partial charge on any atom is 0.410 e. The molecule has 2 fully saturated rings. The van der Waals surface area contributed by atoms with E-state index < -0.39 is 39.4 Å². The molecule has 10 nitrogen and oxygen atoms in total. The minimum Gasteiger partial charge on any atom is -0.444 e. The molecule has 0 spiro atoms. The van der Waals surface area contributed by atoms with E-state index in [-0.39, 0.29) is 16.6 Å². The maximum atomic E-state index is 11.4. The molecule has 2 unspecified atom stereocenters. The van der Waals surface area contributed by atoms with Gasteiger partial charge in [0.25, 0.3) is 0 Å². The van der Waals surface area contributed by atoms with Crippen LogP contribution in [-0.2, 0) is 31.5 Å². The number of rotatable bonds is 2. The molecule has 2 amide bonds. The lowest BCUT2D eigenvalue weighted by atomic mass is 10.2. The van der Waals surface area contributed by atoms with E-state index in [1.54, 1.807) is 20.8 Å². The summed E-state index contributed by atoms with van der Waals surface area (Å²) >= 11 is -1.83. The Hall–Kier alpha value is -1.24. The van der Waals surface area contributed by atoms with E-state index in [2.05, 4.69) is 0 Å². The fraction of sp³-hybridized carbons (Fsp3) is 0.875. The topological polar surface area (TPSA) is 139 Å². The predicted octanol–water partition coefficient (Wildman–Crippen LogP) is 1.06. The zero-order valence-corrected chi connectivity index (χ0v) is 18.8. The van der Waals surface area contributed by atoms with Gasteiger partial charge in [-0.05, 0) is 41.5 Å². The van der Waals surface area contributed by atoms with Crippen LogP contribution in [0.1, 0.15) is 41.5 Å². The van der Waals surface area contributed by atoms with E-state index in [0.717, 1.165) is 0 Å². The van der Waals surface area contributed by atoms with E-state index in [1.807, 2.05) is 20.8 Å². The zero-order valence-electron chi connectivity index (χ0n) is 17.2. The largest absolute Gasteiger partial charge is 0.444 e. The predicted molar refractivity (Wildman–Crippen MR) is 106 cm³/mol. The monoisotopic (exact) mass is 441 g/mol. The van der Waals surface area contributed by atoms with E-state index in [1.165, 1.54) is 9.80 Å². The van der Waals surface area contributed by atoms with Crippen molar-refractivity contribution in [2.45, 2.75) is 63.2 Å². The Balaban J connectivity index is 0.000000280. The molecule has 0 aromatic carbocycles. The summed E-state index contributed by atoms with van der Waals surface area (Å²) in [5.74, 6) is 0. The van der Waals surface area contributed by atoms with E-state index in [4.69, 9.17) is 19.2 Å². The standard InChI is InChI=1S/C8H16N2O3S.C8H15NO4S/c1-8(2,3)13-7(11)10-4-6(5-10)14(9)12;1-8(2,3)13-7(10)9-4-6(5-9)14(11)12/h6H,4-5,9H2,1-3H3;6H,4-5H2,1-3H3,(H,11,12). The van der Waals surface area contributed by atoms with Gasteiger partial charge in [0.1, 0.15) is 11.2 Å². The Morgan fingerprint density at radius 2 is 1.18 bits per heavy atom. The van der Waals surface area contributed by atoms with Crippen molar-refractivity contribution in [3.05, 3.63) is 0 Å². The van der Waals surface area contributed by atoms with Crippen molar-refractivity contribution >= 4 is 34.3 Å². The quantitative estimate of drug-likeness (QED) is 0.611. The molecule has 0 radical (unpaired) electrons. The summed E-state index contributed by atoms with van der Waals surface area (Å²) in [6, 6.07) is 0. The molecule has 3 N–H and O–H groups in total. The summed E-state index contributed by atoms with van der Waals surface area (Å²) in [7, 11) is -1.33. The summed E-state index contributed by atoms with van der Waals surface area (Å²) < 4.78 is 40.2. The second kappa shape index (κ2) is 9.51. The first-order valence-corrected chi connectivity index (χ1v) is 11.2. The lowest BCUT2D eigenvalue weighted by molar-refractivity contribution is 0.0129. The molecule has 2 saturated heterocycles. The van der Waals surface area contributed by atoms with Gasteiger partial charge in [0.05, 0.1) is 21.5 Å². The van der Waals surface area contributed by atoms with Crippen molar-refractivity contribution in [3.8, 4) is 0 Å². The van der Waals surface area contributed by atoms with Gasteiger partial charge in [-0.3, -0.25) is 5.14 Å². The average molecular weight is 442 g/mol. The van der Waals surface area contributed by atoms with Crippen molar-refractivity contribution in [1.82, 2.24) is 9.80 Å². The van der Waals surface area contributed by atoms with Crippen LogP contribution in [0.2, 0.25) is 0 Å². The second-order valence-corrected chi connectivity index (χ2v) is 11.2. The highest BCUT2D eigenvalue weighted by molar-refractivity contribution is 7.83. The molecule has 164 valence electrons. The highest BCUT2D eigenvalue weighted by Gasteiger charge is 2.37. The Morgan fingerprint density at radius 1 is 0.857 bits per heavy atom. The molecule has 0 bridgehead atoms. The lowest BCUT2D eigenvalue weighted by Crippen LogP contribution is -2.57. The summed E-state index contributed by atoms with van der Waals surface area (Å²) in [6.07, 6.45) is -0.779. The molecular formula is C16H31N3O7S2. The number of hydrogen-bond donors (Lipinski definition) is 2. The average Bonchev–Trinajstić information content (AvgIpc) is 2.29. The van der Waals surface area contributed by atoms with Crippen molar-refractivity contribution in [3.63, 3.8) is 0 Å². The van der Waals surface area contributed by atoms with Crippen LogP contribution in [0.4, 0.5) is 9.59 Å². The van der Waals surface area contributed by atoms with Crippen molar-refractivity contribution in [2.75, 3.05) is 26.2 Å². The number of hydrogen-bond acceptors (Lipinski definition) is 6. The molecule has 12 heteroatoms. The highest BCUT2D eigenvalue weighted by Crippen LogP contribution is 2.18. The van der Waals surface area contributed by atoms with Gasteiger partial charge in [-0.2, -0.15) is 0 Å². The van der Waals surface area contributed by atoms with E-state index in [9.17, 15) is 18.0 Å². The highest BCUT2D eigenvalue weighted by atomic mass is 32.2. The van der Waals surface area contributed by atoms with Crippen LogP contribution in [0.15, 0.2) is 0 Å². The van der Waals surface area contributed by atoms with Gasteiger partial charge in [-0.25, -0.2) is 18.0 Å². The summed E-state index contributed by atoms with van der Waals surface area (Å²) in [5, 5.41) is 4.77. The molecule has 2 atom stereocenters. The molecule has 2 heterocycles. The molecular weight excluding hydrogens is 410 g/mol.